The lowest BCUT2D eigenvalue weighted by Gasteiger charge is -2.14. The summed E-state index contributed by atoms with van der Waals surface area (Å²) in [4.78, 5) is 0. The fourth-order valence-electron chi connectivity index (χ4n) is 2.09. The summed E-state index contributed by atoms with van der Waals surface area (Å²) in [5.74, 6) is 0.588. The van der Waals surface area contributed by atoms with Gasteiger partial charge in [-0.2, -0.15) is 0 Å². The molecule has 0 bridgehead atoms. The van der Waals surface area contributed by atoms with E-state index in [1.54, 1.807) is 0 Å². The lowest BCUT2D eigenvalue weighted by atomic mass is 9.96. The third-order valence-corrected chi connectivity index (χ3v) is 5.72. The summed E-state index contributed by atoms with van der Waals surface area (Å²) >= 11 is 14.9. The summed E-state index contributed by atoms with van der Waals surface area (Å²) in [6.07, 6.45) is 1.15. The van der Waals surface area contributed by atoms with Gasteiger partial charge in [0.2, 0.25) is 0 Å². The van der Waals surface area contributed by atoms with Crippen LogP contribution in [0.3, 0.4) is 0 Å². The molecular formula is C17H17Cl2I. The van der Waals surface area contributed by atoms with E-state index in [1.807, 2.05) is 18.2 Å². The Kier molecular flexibility index (Phi) is 5.76. The van der Waals surface area contributed by atoms with Crippen LogP contribution in [-0.4, -0.2) is 0 Å². The third-order valence-electron chi connectivity index (χ3n) is 3.65. The van der Waals surface area contributed by atoms with E-state index in [2.05, 4.69) is 60.7 Å². The molecule has 106 valence electrons. The predicted octanol–water partition coefficient (Wildman–Crippen LogP) is 6.79. The summed E-state index contributed by atoms with van der Waals surface area (Å²) in [5.41, 5.74) is 3.50. The van der Waals surface area contributed by atoms with Gasteiger partial charge in [0.25, 0.3) is 0 Å². The SMILES string of the molecule is CCC(C)c1ccc(C(Cl)c2ccc(I)c(Cl)c2)cc1. The predicted molar refractivity (Wildman–Crippen MR) is 97.0 cm³/mol. The highest BCUT2D eigenvalue weighted by Crippen LogP contribution is 2.32. The van der Waals surface area contributed by atoms with Crippen molar-refractivity contribution in [2.75, 3.05) is 0 Å². The average molecular weight is 419 g/mol. The number of hydrogen-bond donors (Lipinski definition) is 0. The van der Waals surface area contributed by atoms with Gasteiger partial charge in [0.1, 0.15) is 0 Å². The lowest BCUT2D eigenvalue weighted by Crippen LogP contribution is -1.96. The molecule has 2 unspecified atom stereocenters. The van der Waals surface area contributed by atoms with Crippen molar-refractivity contribution < 1.29 is 0 Å². The molecule has 0 fully saturated rings. The minimum atomic E-state index is -0.157. The second-order valence-corrected chi connectivity index (χ2v) is 7.02. The van der Waals surface area contributed by atoms with Crippen molar-refractivity contribution in [1.82, 2.24) is 0 Å². The van der Waals surface area contributed by atoms with Crippen LogP contribution in [0.25, 0.3) is 0 Å². The summed E-state index contributed by atoms with van der Waals surface area (Å²) in [6, 6.07) is 14.6. The van der Waals surface area contributed by atoms with Gasteiger partial charge in [0.15, 0.2) is 0 Å². The van der Waals surface area contributed by atoms with Crippen molar-refractivity contribution in [3.8, 4) is 0 Å². The summed E-state index contributed by atoms with van der Waals surface area (Å²) in [7, 11) is 0. The van der Waals surface area contributed by atoms with Crippen molar-refractivity contribution in [3.63, 3.8) is 0 Å². The lowest BCUT2D eigenvalue weighted by molar-refractivity contribution is 0.733. The van der Waals surface area contributed by atoms with Gasteiger partial charge in [0, 0.05) is 3.57 Å². The Morgan fingerprint density at radius 3 is 2.10 bits per heavy atom. The molecule has 0 aliphatic carbocycles. The first-order chi connectivity index (χ1) is 9.52. The molecule has 2 atom stereocenters. The Morgan fingerprint density at radius 1 is 1.00 bits per heavy atom. The van der Waals surface area contributed by atoms with Crippen molar-refractivity contribution >= 4 is 45.8 Å². The molecule has 20 heavy (non-hydrogen) atoms. The van der Waals surface area contributed by atoms with Crippen LogP contribution in [0.5, 0.6) is 0 Å². The number of rotatable bonds is 4. The maximum Gasteiger partial charge on any atom is 0.0835 e. The first-order valence-electron chi connectivity index (χ1n) is 6.71. The molecule has 0 nitrogen and oxygen atoms in total. The molecule has 2 aromatic carbocycles. The number of benzene rings is 2. The highest BCUT2D eigenvalue weighted by atomic mass is 127. The number of alkyl halides is 1. The van der Waals surface area contributed by atoms with E-state index in [1.165, 1.54) is 5.56 Å². The minimum Gasteiger partial charge on any atom is -0.113 e. The van der Waals surface area contributed by atoms with Crippen LogP contribution in [0.15, 0.2) is 42.5 Å². The molecule has 0 spiro atoms. The molecule has 0 amide bonds. The maximum absolute atomic E-state index is 6.56. The largest absolute Gasteiger partial charge is 0.113 e. The van der Waals surface area contributed by atoms with Gasteiger partial charge in [0.05, 0.1) is 10.4 Å². The van der Waals surface area contributed by atoms with Gasteiger partial charge in [-0.1, -0.05) is 55.8 Å². The van der Waals surface area contributed by atoms with Crippen molar-refractivity contribution in [2.45, 2.75) is 31.6 Å². The maximum atomic E-state index is 6.56. The summed E-state index contributed by atoms with van der Waals surface area (Å²) in [6.45, 7) is 4.45. The zero-order chi connectivity index (χ0) is 14.7. The standard InChI is InChI=1S/C17H17Cl2I/c1-3-11(2)12-4-6-13(7-5-12)17(19)14-8-9-16(20)15(18)10-14/h4-11,17H,3H2,1-2H3. The van der Waals surface area contributed by atoms with Crippen LogP contribution in [0.4, 0.5) is 0 Å². The van der Waals surface area contributed by atoms with Gasteiger partial charge < -0.3 is 0 Å². The van der Waals surface area contributed by atoms with Crippen LogP contribution in [0.1, 0.15) is 48.3 Å². The van der Waals surface area contributed by atoms with E-state index in [9.17, 15) is 0 Å². The van der Waals surface area contributed by atoms with Crippen LogP contribution in [-0.2, 0) is 0 Å². The smallest absolute Gasteiger partial charge is 0.0835 e. The molecule has 0 aromatic heterocycles. The second-order valence-electron chi connectivity index (χ2n) is 5.01. The quantitative estimate of drug-likeness (QED) is 0.378. The molecule has 0 aliphatic heterocycles. The van der Waals surface area contributed by atoms with Crippen LogP contribution in [0.2, 0.25) is 5.02 Å². The van der Waals surface area contributed by atoms with Crippen LogP contribution in [0, 0.1) is 3.57 Å². The molecule has 0 radical (unpaired) electrons. The molecule has 0 saturated carbocycles. The van der Waals surface area contributed by atoms with E-state index in [4.69, 9.17) is 23.2 Å². The first kappa shape index (κ1) is 16.1. The molecule has 3 heteroatoms. The van der Waals surface area contributed by atoms with Crippen molar-refractivity contribution in [1.29, 1.82) is 0 Å². The molecular weight excluding hydrogens is 402 g/mol. The van der Waals surface area contributed by atoms with Gasteiger partial charge in [-0.3, -0.25) is 0 Å². The fraction of sp³-hybridized carbons (Fsp3) is 0.294. The minimum absolute atomic E-state index is 0.157. The fourth-order valence-corrected chi connectivity index (χ4v) is 2.90. The van der Waals surface area contributed by atoms with Gasteiger partial charge in [-0.15, -0.1) is 11.6 Å². The Bertz CT molecular complexity index is 578. The van der Waals surface area contributed by atoms with Crippen LogP contribution < -0.4 is 0 Å². The van der Waals surface area contributed by atoms with E-state index < -0.39 is 0 Å². The average Bonchev–Trinajstić information content (AvgIpc) is 2.48. The molecule has 0 N–H and O–H groups in total. The third kappa shape index (κ3) is 3.69. The Morgan fingerprint density at radius 2 is 1.55 bits per heavy atom. The first-order valence-corrected chi connectivity index (χ1v) is 8.61. The zero-order valence-electron chi connectivity index (χ0n) is 11.5. The molecule has 0 saturated heterocycles. The Balaban J connectivity index is 2.24. The Labute approximate surface area is 144 Å². The zero-order valence-corrected chi connectivity index (χ0v) is 15.2. The topological polar surface area (TPSA) is 0 Å². The van der Waals surface area contributed by atoms with E-state index in [-0.39, 0.29) is 5.38 Å². The van der Waals surface area contributed by atoms with Gasteiger partial charge in [-0.05, 0) is 63.8 Å². The molecule has 2 rings (SSSR count). The highest BCUT2D eigenvalue weighted by molar-refractivity contribution is 14.1. The van der Waals surface area contributed by atoms with E-state index in [0.717, 1.165) is 26.1 Å². The highest BCUT2D eigenvalue weighted by Gasteiger charge is 2.13. The Hall–Kier alpha value is -0.250. The van der Waals surface area contributed by atoms with Crippen molar-refractivity contribution in [3.05, 3.63) is 67.7 Å². The molecule has 2 aromatic rings. The molecule has 0 heterocycles. The van der Waals surface area contributed by atoms with Gasteiger partial charge in [-0.25, -0.2) is 0 Å². The summed E-state index contributed by atoms with van der Waals surface area (Å²) in [5, 5.41) is 0.598. The monoisotopic (exact) mass is 418 g/mol. The number of hydrogen-bond acceptors (Lipinski definition) is 0. The van der Waals surface area contributed by atoms with Gasteiger partial charge >= 0.3 is 0 Å². The summed E-state index contributed by atoms with van der Waals surface area (Å²) < 4.78 is 1.05. The normalized spacial score (nSPS) is 14.1. The van der Waals surface area contributed by atoms with E-state index in [0.29, 0.717) is 5.92 Å². The van der Waals surface area contributed by atoms with Crippen molar-refractivity contribution in [2.24, 2.45) is 0 Å². The van der Waals surface area contributed by atoms with E-state index >= 15 is 0 Å². The second kappa shape index (κ2) is 7.15. The number of halogens is 3. The van der Waals surface area contributed by atoms with Crippen LogP contribution >= 0.6 is 45.8 Å². The molecule has 0 aliphatic rings.